The minimum Gasteiger partial charge on any atom is -0.491 e. The number of hydrogen-bond acceptors (Lipinski definition) is 8. The predicted octanol–water partition coefficient (Wildman–Crippen LogP) is 4.80. The molecule has 0 amide bonds. The predicted molar refractivity (Wildman–Crippen MR) is 147 cm³/mol. The van der Waals surface area contributed by atoms with Crippen molar-refractivity contribution in [2.45, 2.75) is 11.0 Å². The molecule has 0 saturated heterocycles. The minimum atomic E-state index is -0.796. The first-order valence-electron chi connectivity index (χ1n) is 11.8. The molecule has 1 N–H and O–H groups in total. The molecule has 0 radical (unpaired) electrons. The average Bonchev–Trinajstić information content (AvgIpc) is 2.94. The molecular weight excluding hydrogens is 490 g/mol. The molecular formula is C29H33NO6S. The van der Waals surface area contributed by atoms with Gasteiger partial charge in [0.2, 0.25) is 0 Å². The number of carbonyl (C=O) groups excluding carboxylic acids is 1. The first kappa shape index (κ1) is 28.3. The maximum Gasteiger partial charge on any atom is 0.338 e. The van der Waals surface area contributed by atoms with Crippen LogP contribution in [-0.2, 0) is 14.3 Å². The second kappa shape index (κ2) is 15.1. The highest BCUT2D eigenvalue weighted by Gasteiger charge is 2.16. The van der Waals surface area contributed by atoms with Crippen LogP contribution >= 0.6 is 11.8 Å². The largest absolute Gasteiger partial charge is 0.491 e. The number of methoxy groups -OCH3 is 2. The third kappa shape index (κ3) is 9.26. The number of aliphatic hydroxyl groups excluding tert-OH is 1. The van der Waals surface area contributed by atoms with E-state index >= 15 is 0 Å². The molecule has 3 rings (SSSR count). The number of ether oxygens (including phenoxy) is 3. The summed E-state index contributed by atoms with van der Waals surface area (Å²) < 4.78 is 15.9. The van der Waals surface area contributed by atoms with Crippen LogP contribution in [0.25, 0.3) is 11.6 Å². The number of esters is 1. The highest BCUT2D eigenvalue weighted by atomic mass is 32.2. The van der Waals surface area contributed by atoms with E-state index in [2.05, 4.69) is 0 Å². The third-order valence-corrected chi connectivity index (χ3v) is 6.12. The first-order chi connectivity index (χ1) is 18.0. The van der Waals surface area contributed by atoms with E-state index in [1.54, 1.807) is 54.3 Å². The lowest BCUT2D eigenvalue weighted by Crippen LogP contribution is -2.39. The van der Waals surface area contributed by atoms with Crippen LogP contribution in [0.15, 0.2) is 83.8 Å². The van der Waals surface area contributed by atoms with Crippen LogP contribution in [0.2, 0.25) is 0 Å². The van der Waals surface area contributed by atoms with E-state index in [0.717, 1.165) is 10.5 Å². The standard InChI is InChI=1S/C29H33NO6S/c1-33-18-17-30(36-26-7-5-4-6-8-26)20-24(31)21-35-25-13-11-23(12-14-25)28(29(32)34-2)19-22-9-15-27(37-3)16-10-22/h4-16,19,24,31H,17-18,20-21H2,1-3H3/b28-19+. The number of aliphatic hydroxyl groups is 1. The zero-order valence-electron chi connectivity index (χ0n) is 21.3. The molecule has 0 aliphatic rings. The Morgan fingerprint density at radius 3 is 2.30 bits per heavy atom. The summed E-state index contributed by atoms with van der Waals surface area (Å²) in [5, 5.41) is 12.2. The fourth-order valence-electron chi connectivity index (χ4n) is 3.45. The number of benzene rings is 3. The Hall–Kier alpha value is -3.30. The first-order valence-corrected chi connectivity index (χ1v) is 13.1. The van der Waals surface area contributed by atoms with Crippen LogP contribution in [-0.4, -0.2) is 69.0 Å². The smallest absolute Gasteiger partial charge is 0.338 e. The van der Waals surface area contributed by atoms with Crippen molar-refractivity contribution in [3.63, 3.8) is 0 Å². The summed E-state index contributed by atoms with van der Waals surface area (Å²) in [5.74, 6) is 0.827. The number of hydroxylamine groups is 2. The van der Waals surface area contributed by atoms with Crippen LogP contribution in [0.1, 0.15) is 11.1 Å². The molecule has 0 aliphatic carbocycles. The van der Waals surface area contributed by atoms with E-state index in [4.69, 9.17) is 19.0 Å². The van der Waals surface area contributed by atoms with Crippen molar-refractivity contribution in [3.05, 3.63) is 90.0 Å². The minimum absolute atomic E-state index is 0.0719. The molecule has 0 saturated carbocycles. The van der Waals surface area contributed by atoms with Gasteiger partial charge >= 0.3 is 5.97 Å². The fourth-order valence-corrected chi connectivity index (χ4v) is 3.85. The molecule has 0 heterocycles. The van der Waals surface area contributed by atoms with Crippen molar-refractivity contribution in [1.82, 2.24) is 5.06 Å². The van der Waals surface area contributed by atoms with Gasteiger partial charge in [0.05, 0.1) is 32.4 Å². The van der Waals surface area contributed by atoms with Crippen molar-refractivity contribution < 1.29 is 28.9 Å². The van der Waals surface area contributed by atoms with Crippen molar-refractivity contribution >= 4 is 29.4 Å². The number of para-hydroxylation sites is 1. The van der Waals surface area contributed by atoms with Gasteiger partial charge in [0, 0.05) is 12.0 Å². The molecule has 0 bridgehead atoms. The van der Waals surface area contributed by atoms with Gasteiger partial charge in [-0.3, -0.25) is 0 Å². The Morgan fingerprint density at radius 1 is 0.973 bits per heavy atom. The molecule has 3 aromatic rings. The average molecular weight is 524 g/mol. The van der Waals surface area contributed by atoms with Crippen molar-refractivity contribution in [2.75, 3.05) is 46.8 Å². The number of nitrogens with zero attached hydrogens (tertiary/aromatic N) is 1. The monoisotopic (exact) mass is 523 g/mol. The lowest BCUT2D eigenvalue weighted by molar-refractivity contribution is -0.133. The molecule has 0 aliphatic heterocycles. The van der Waals surface area contributed by atoms with Gasteiger partial charge in [0.1, 0.15) is 24.2 Å². The molecule has 196 valence electrons. The molecule has 3 aromatic carbocycles. The molecule has 1 unspecified atom stereocenters. The topological polar surface area (TPSA) is 77.5 Å². The summed E-state index contributed by atoms with van der Waals surface area (Å²) in [5.41, 5.74) is 2.05. The fraction of sp³-hybridized carbons (Fsp3) is 0.276. The number of carbonyl (C=O) groups is 1. The van der Waals surface area contributed by atoms with E-state index in [9.17, 15) is 9.90 Å². The molecule has 7 nitrogen and oxygen atoms in total. The van der Waals surface area contributed by atoms with Gasteiger partial charge in [0.25, 0.3) is 0 Å². The van der Waals surface area contributed by atoms with Crippen molar-refractivity contribution in [2.24, 2.45) is 0 Å². The van der Waals surface area contributed by atoms with Gasteiger partial charge in [-0.15, -0.1) is 16.8 Å². The number of thioether (sulfide) groups is 1. The van der Waals surface area contributed by atoms with Crippen LogP contribution in [0.5, 0.6) is 11.5 Å². The van der Waals surface area contributed by atoms with Gasteiger partial charge in [0.15, 0.2) is 0 Å². The Kier molecular flexibility index (Phi) is 11.5. The summed E-state index contributed by atoms with van der Waals surface area (Å²) in [6.45, 7) is 1.25. The maximum atomic E-state index is 12.5. The van der Waals surface area contributed by atoms with E-state index < -0.39 is 12.1 Å². The summed E-state index contributed by atoms with van der Waals surface area (Å²) in [7, 11) is 2.98. The SMILES string of the molecule is COCCN(CC(O)COc1ccc(/C(=C\c2ccc(SC)cc2)C(=O)OC)cc1)Oc1ccccc1. The molecule has 0 spiro atoms. The highest BCUT2D eigenvalue weighted by Crippen LogP contribution is 2.24. The Balaban J connectivity index is 1.61. The molecule has 0 fully saturated rings. The number of hydrogen-bond donors (Lipinski definition) is 1. The third-order valence-electron chi connectivity index (χ3n) is 5.38. The normalized spacial score (nSPS) is 12.3. The van der Waals surface area contributed by atoms with E-state index in [1.807, 2.05) is 60.9 Å². The maximum absolute atomic E-state index is 12.5. The van der Waals surface area contributed by atoms with Gasteiger partial charge < -0.3 is 24.2 Å². The summed E-state index contributed by atoms with van der Waals surface area (Å²) in [6, 6.07) is 24.4. The molecule has 1 atom stereocenters. The van der Waals surface area contributed by atoms with E-state index in [1.165, 1.54) is 7.11 Å². The summed E-state index contributed by atoms with van der Waals surface area (Å²) in [4.78, 5) is 19.5. The summed E-state index contributed by atoms with van der Waals surface area (Å²) in [6.07, 6.45) is 3.02. The van der Waals surface area contributed by atoms with Crippen molar-refractivity contribution in [1.29, 1.82) is 0 Å². The molecule has 37 heavy (non-hydrogen) atoms. The van der Waals surface area contributed by atoms with Gasteiger partial charge in [-0.25, -0.2) is 4.79 Å². The summed E-state index contributed by atoms with van der Waals surface area (Å²) >= 11 is 1.66. The van der Waals surface area contributed by atoms with Crippen LogP contribution in [0.3, 0.4) is 0 Å². The van der Waals surface area contributed by atoms with Gasteiger partial charge in [-0.05, 0) is 59.9 Å². The zero-order valence-corrected chi connectivity index (χ0v) is 22.1. The van der Waals surface area contributed by atoms with Crippen molar-refractivity contribution in [3.8, 4) is 11.5 Å². The Bertz CT molecular complexity index is 1120. The molecule has 0 aromatic heterocycles. The van der Waals surface area contributed by atoms with Gasteiger partial charge in [-0.1, -0.05) is 42.5 Å². The Morgan fingerprint density at radius 2 is 1.68 bits per heavy atom. The second-order valence-corrected chi connectivity index (χ2v) is 8.98. The lowest BCUT2D eigenvalue weighted by atomic mass is 10.0. The van der Waals surface area contributed by atoms with Gasteiger partial charge in [-0.2, -0.15) is 0 Å². The zero-order chi connectivity index (χ0) is 26.5. The van der Waals surface area contributed by atoms with Crippen LogP contribution in [0, 0.1) is 0 Å². The molecule has 8 heteroatoms. The second-order valence-electron chi connectivity index (χ2n) is 8.10. The Labute approximate surface area is 222 Å². The highest BCUT2D eigenvalue weighted by molar-refractivity contribution is 7.98. The van der Waals surface area contributed by atoms with E-state index in [-0.39, 0.29) is 13.2 Å². The quantitative estimate of drug-likeness (QED) is 0.106. The van der Waals surface area contributed by atoms with E-state index in [0.29, 0.717) is 35.8 Å². The lowest BCUT2D eigenvalue weighted by Gasteiger charge is -2.24. The van der Waals surface area contributed by atoms with Crippen LogP contribution in [0.4, 0.5) is 0 Å². The number of rotatable bonds is 14. The van der Waals surface area contributed by atoms with Crippen LogP contribution < -0.4 is 9.57 Å².